The molecule has 1 nitrogen and oxygen atoms in total. The number of carbonyl (C=O) groups is 1. The molecule has 3 aromatic rings. The zero-order valence-electron chi connectivity index (χ0n) is 23.8. The second-order valence-corrected chi connectivity index (χ2v) is 11.0. The lowest BCUT2D eigenvalue weighted by Crippen LogP contribution is -2.02. The summed E-state index contributed by atoms with van der Waals surface area (Å²) in [5.41, 5.74) is 7.45. The molecule has 0 bridgehead atoms. The molecule has 0 amide bonds. The van der Waals surface area contributed by atoms with Crippen LogP contribution in [0.4, 0.5) is 0 Å². The summed E-state index contributed by atoms with van der Waals surface area (Å²) >= 11 is 0. The number of ketones is 1. The molecule has 0 saturated heterocycles. The summed E-state index contributed by atoms with van der Waals surface area (Å²) < 4.78 is 0. The van der Waals surface area contributed by atoms with Gasteiger partial charge in [0.15, 0.2) is 0 Å². The third kappa shape index (κ3) is 9.15. The molecule has 0 radical (unpaired) electrons. The highest BCUT2D eigenvalue weighted by atomic mass is 16.1. The van der Waals surface area contributed by atoms with E-state index in [-0.39, 0.29) is 5.78 Å². The topological polar surface area (TPSA) is 17.1 Å². The molecule has 1 aliphatic rings. The van der Waals surface area contributed by atoms with E-state index < -0.39 is 0 Å². The van der Waals surface area contributed by atoms with Crippen LogP contribution in [0.1, 0.15) is 97.1 Å². The van der Waals surface area contributed by atoms with Crippen LogP contribution < -0.4 is 0 Å². The average molecular weight is 495 g/mol. The summed E-state index contributed by atoms with van der Waals surface area (Å²) in [6.45, 7) is 10.3. The zero-order chi connectivity index (χ0) is 26.6. The van der Waals surface area contributed by atoms with E-state index in [1.165, 1.54) is 63.9 Å². The number of carbonyl (C=O) groups excluding carboxylic acids is 1. The Kier molecular flexibility index (Phi) is 11.4. The highest BCUT2D eigenvalue weighted by Crippen LogP contribution is 2.33. The Hall–Kier alpha value is -2.93. The Morgan fingerprint density at radius 1 is 0.649 bits per heavy atom. The first kappa shape index (κ1) is 28.6. The summed E-state index contributed by atoms with van der Waals surface area (Å²) in [6, 6.07) is 18.0. The lowest BCUT2D eigenvalue weighted by molar-refractivity contribution is -0.116. The van der Waals surface area contributed by atoms with Crippen LogP contribution in [0.3, 0.4) is 0 Å². The lowest BCUT2D eigenvalue weighted by Gasteiger charge is -2.18. The maximum atomic E-state index is 10.8. The lowest BCUT2D eigenvalue weighted by atomic mass is 9.86. The quantitative estimate of drug-likeness (QED) is 0.213. The predicted octanol–water partition coefficient (Wildman–Crippen LogP) is 10.6. The van der Waals surface area contributed by atoms with E-state index >= 15 is 0 Å². The molecule has 0 fully saturated rings. The van der Waals surface area contributed by atoms with Crippen LogP contribution in [0.25, 0.3) is 21.5 Å². The maximum Gasteiger partial charge on any atom is 0.130 e. The van der Waals surface area contributed by atoms with Gasteiger partial charge in [0.25, 0.3) is 0 Å². The molecular weight excluding hydrogens is 448 g/mol. The second kappa shape index (κ2) is 14.7. The second-order valence-electron chi connectivity index (χ2n) is 11.0. The number of fused-ring (bicyclic) bond motifs is 5. The molecule has 0 atom stereocenters. The fourth-order valence-corrected chi connectivity index (χ4v) is 5.20. The number of aryl methyl sites for hydroxylation is 2. The maximum absolute atomic E-state index is 10.8. The predicted molar refractivity (Wildman–Crippen MR) is 163 cm³/mol. The molecule has 0 spiro atoms. The standard InChI is InChI=1S/C18H30O.C18H16/c1-15(2)9-6-10-16(3)11-7-12-17(4)13-8-14-18(5)19;1-3-7-15-13(5-1)9-11-18-16-8-4-2-6-14(16)10-12-17(15)18/h9,11,13H,6-8,10,12,14H2,1-5H3;1,3,5,7,9-12H,2,4,6,8H2. The average Bonchev–Trinajstić information content (AvgIpc) is 2.88. The molecule has 4 rings (SSSR count). The largest absolute Gasteiger partial charge is 0.300 e. The van der Waals surface area contributed by atoms with E-state index in [1.807, 2.05) is 0 Å². The van der Waals surface area contributed by atoms with Gasteiger partial charge < -0.3 is 4.79 Å². The van der Waals surface area contributed by atoms with Crippen LogP contribution in [0.2, 0.25) is 0 Å². The fraction of sp³-hybridized carbons (Fsp3) is 0.417. The minimum Gasteiger partial charge on any atom is -0.300 e. The molecule has 0 N–H and O–H groups in total. The van der Waals surface area contributed by atoms with Crippen molar-refractivity contribution in [2.75, 3.05) is 0 Å². The van der Waals surface area contributed by atoms with E-state index in [2.05, 4.69) is 94.5 Å². The van der Waals surface area contributed by atoms with Gasteiger partial charge in [-0.05, 0) is 125 Å². The van der Waals surface area contributed by atoms with Crippen LogP contribution in [0.15, 0.2) is 83.5 Å². The minimum atomic E-state index is 0.277. The molecule has 0 aromatic heterocycles. The van der Waals surface area contributed by atoms with Crippen molar-refractivity contribution >= 4 is 27.3 Å². The Balaban J connectivity index is 0.000000205. The molecule has 0 unspecified atom stereocenters. The van der Waals surface area contributed by atoms with Gasteiger partial charge in [-0.25, -0.2) is 0 Å². The van der Waals surface area contributed by atoms with Crippen LogP contribution in [0.5, 0.6) is 0 Å². The summed E-state index contributed by atoms with van der Waals surface area (Å²) in [7, 11) is 0. The molecule has 3 aromatic carbocycles. The van der Waals surface area contributed by atoms with Crippen molar-refractivity contribution in [3.8, 4) is 0 Å². The molecule has 1 heteroatoms. The first-order chi connectivity index (χ1) is 17.8. The zero-order valence-corrected chi connectivity index (χ0v) is 23.8. The van der Waals surface area contributed by atoms with Crippen LogP contribution in [-0.2, 0) is 17.6 Å². The Labute approximate surface area is 225 Å². The summed E-state index contributed by atoms with van der Waals surface area (Å²) in [6.07, 6.45) is 18.2. The molecule has 1 aliphatic carbocycles. The first-order valence-corrected chi connectivity index (χ1v) is 14.2. The normalized spacial score (nSPS) is 13.6. The fourth-order valence-electron chi connectivity index (χ4n) is 5.20. The SMILES string of the molecule is CC(=O)CCC=C(C)CCC=C(C)CCC=C(C)C.c1ccc2c(c1)ccc1c3c(ccc12)CCCC3. The van der Waals surface area contributed by atoms with Crippen molar-refractivity contribution in [2.45, 2.75) is 98.8 Å². The Morgan fingerprint density at radius 2 is 1.27 bits per heavy atom. The van der Waals surface area contributed by atoms with Crippen molar-refractivity contribution < 1.29 is 4.79 Å². The number of rotatable bonds is 9. The molecule has 0 aliphatic heterocycles. The van der Waals surface area contributed by atoms with Gasteiger partial charge in [-0.3, -0.25) is 0 Å². The van der Waals surface area contributed by atoms with Crippen molar-refractivity contribution in [1.29, 1.82) is 0 Å². The third-order valence-electron chi connectivity index (χ3n) is 7.37. The van der Waals surface area contributed by atoms with Crippen LogP contribution in [-0.4, -0.2) is 5.78 Å². The van der Waals surface area contributed by atoms with Gasteiger partial charge in [0.1, 0.15) is 5.78 Å². The summed E-state index contributed by atoms with van der Waals surface area (Å²) in [5.74, 6) is 0.277. The summed E-state index contributed by atoms with van der Waals surface area (Å²) in [5, 5.41) is 5.64. The first-order valence-electron chi connectivity index (χ1n) is 14.2. The van der Waals surface area contributed by atoms with E-state index in [0.29, 0.717) is 6.42 Å². The number of hydrogen-bond donors (Lipinski definition) is 0. The van der Waals surface area contributed by atoms with E-state index in [0.717, 1.165) is 32.1 Å². The highest BCUT2D eigenvalue weighted by molar-refractivity contribution is 6.08. The van der Waals surface area contributed by atoms with E-state index in [4.69, 9.17) is 0 Å². The van der Waals surface area contributed by atoms with Crippen LogP contribution in [0, 0.1) is 0 Å². The monoisotopic (exact) mass is 494 g/mol. The molecular formula is C36H46O. The Morgan fingerprint density at radius 3 is 1.97 bits per heavy atom. The van der Waals surface area contributed by atoms with Gasteiger partial charge in [0.05, 0.1) is 0 Å². The van der Waals surface area contributed by atoms with Gasteiger partial charge in [0.2, 0.25) is 0 Å². The molecule has 0 saturated carbocycles. The highest BCUT2D eigenvalue weighted by Gasteiger charge is 2.13. The number of allylic oxidation sites excluding steroid dienone is 6. The number of Topliss-reactive ketones (excluding diaryl/α,β-unsaturated/α-hetero) is 1. The van der Waals surface area contributed by atoms with Gasteiger partial charge in [-0.1, -0.05) is 83.5 Å². The van der Waals surface area contributed by atoms with E-state index in [1.54, 1.807) is 18.1 Å². The van der Waals surface area contributed by atoms with Gasteiger partial charge in [0, 0.05) is 6.42 Å². The minimum absolute atomic E-state index is 0.277. The smallest absolute Gasteiger partial charge is 0.130 e. The van der Waals surface area contributed by atoms with Crippen molar-refractivity contribution in [1.82, 2.24) is 0 Å². The molecule has 0 heterocycles. The Bertz CT molecular complexity index is 1280. The van der Waals surface area contributed by atoms with Crippen molar-refractivity contribution in [3.05, 3.63) is 94.6 Å². The van der Waals surface area contributed by atoms with Gasteiger partial charge >= 0.3 is 0 Å². The van der Waals surface area contributed by atoms with Crippen molar-refractivity contribution in [2.24, 2.45) is 0 Å². The summed E-state index contributed by atoms with van der Waals surface area (Å²) in [4.78, 5) is 10.8. The van der Waals surface area contributed by atoms with Crippen molar-refractivity contribution in [3.63, 3.8) is 0 Å². The number of benzene rings is 3. The van der Waals surface area contributed by atoms with Gasteiger partial charge in [-0.15, -0.1) is 0 Å². The molecule has 196 valence electrons. The van der Waals surface area contributed by atoms with E-state index in [9.17, 15) is 4.79 Å². The number of hydrogen-bond acceptors (Lipinski definition) is 1. The third-order valence-corrected chi connectivity index (χ3v) is 7.37. The van der Waals surface area contributed by atoms with Crippen LogP contribution >= 0.6 is 0 Å². The van der Waals surface area contributed by atoms with Gasteiger partial charge in [-0.2, -0.15) is 0 Å². The molecule has 37 heavy (non-hydrogen) atoms.